The van der Waals surface area contributed by atoms with Crippen LogP contribution in [0.5, 0.6) is 5.75 Å². The standard InChI is InChI=1S/C20H21F3N2O2/c1-13-11-14(3-6-17(13)27-2)12-24-7-9-25(10-8-24)20(26)15-4-5-16(21)19(23)18(15)22/h3-6,11H,7-10,12H2,1-2H3. The predicted octanol–water partition coefficient (Wildman–Crippen LogP) is 3.38. The molecular formula is C20H21F3N2O2. The Morgan fingerprint density at radius 1 is 1.04 bits per heavy atom. The van der Waals surface area contributed by atoms with E-state index in [1.165, 1.54) is 4.90 Å². The summed E-state index contributed by atoms with van der Waals surface area (Å²) in [4.78, 5) is 16.1. The van der Waals surface area contributed by atoms with Gasteiger partial charge in [0.1, 0.15) is 5.75 Å². The molecule has 4 nitrogen and oxygen atoms in total. The molecule has 0 bridgehead atoms. The minimum Gasteiger partial charge on any atom is -0.496 e. The van der Waals surface area contributed by atoms with Crippen molar-refractivity contribution in [2.75, 3.05) is 33.3 Å². The third kappa shape index (κ3) is 4.08. The van der Waals surface area contributed by atoms with Gasteiger partial charge in [-0.1, -0.05) is 12.1 Å². The van der Waals surface area contributed by atoms with Crippen LogP contribution in [0.1, 0.15) is 21.5 Å². The quantitative estimate of drug-likeness (QED) is 0.765. The molecule has 1 aliphatic heterocycles. The van der Waals surface area contributed by atoms with E-state index in [1.807, 2.05) is 19.1 Å². The van der Waals surface area contributed by atoms with E-state index in [9.17, 15) is 18.0 Å². The van der Waals surface area contributed by atoms with Gasteiger partial charge in [0.25, 0.3) is 5.91 Å². The van der Waals surface area contributed by atoms with Crippen molar-refractivity contribution in [3.05, 3.63) is 64.5 Å². The second-order valence-electron chi connectivity index (χ2n) is 6.60. The van der Waals surface area contributed by atoms with E-state index in [-0.39, 0.29) is 0 Å². The van der Waals surface area contributed by atoms with Gasteiger partial charge in [0.15, 0.2) is 17.5 Å². The summed E-state index contributed by atoms with van der Waals surface area (Å²) < 4.78 is 45.5. The molecule has 1 amide bonds. The highest BCUT2D eigenvalue weighted by Crippen LogP contribution is 2.21. The largest absolute Gasteiger partial charge is 0.496 e. The number of methoxy groups -OCH3 is 1. The first-order valence-electron chi connectivity index (χ1n) is 8.69. The molecule has 0 N–H and O–H groups in total. The second kappa shape index (κ2) is 8.00. The van der Waals surface area contributed by atoms with Gasteiger partial charge in [0.05, 0.1) is 12.7 Å². The molecule has 1 saturated heterocycles. The first kappa shape index (κ1) is 19.2. The highest BCUT2D eigenvalue weighted by molar-refractivity contribution is 5.94. The van der Waals surface area contributed by atoms with Crippen molar-refractivity contribution in [1.82, 2.24) is 9.80 Å². The van der Waals surface area contributed by atoms with Gasteiger partial charge < -0.3 is 9.64 Å². The molecule has 2 aromatic carbocycles. The topological polar surface area (TPSA) is 32.8 Å². The summed E-state index contributed by atoms with van der Waals surface area (Å²) in [5.41, 5.74) is 1.76. The number of hydrogen-bond donors (Lipinski definition) is 0. The van der Waals surface area contributed by atoms with E-state index in [0.717, 1.165) is 35.6 Å². The number of nitrogens with zero attached hydrogens (tertiary/aromatic N) is 2. The molecule has 0 aliphatic carbocycles. The molecule has 1 fully saturated rings. The maximum absolute atomic E-state index is 13.8. The van der Waals surface area contributed by atoms with Gasteiger partial charge in [-0.2, -0.15) is 0 Å². The Hall–Kier alpha value is -2.54. The van der Waals surface area contributed by atoms with Crippen molar-refractivity contribution in [3.8, 4) is 5.75 Å². The number of ether oxygens (including phenoxy) is 1. The number of piperazine rings is 1. The maximum atomic E-state index is 13.8. The van der Waals surface area contributed by atoms with Gasteiger partial charge >= 0.3 is 0 Å². The summed E-state index contributed by atoms with van der Waals surface area (Å²) in [7, 11) is 1.63. The van der Waals surface area contributed by atoms with Crippen LogP contribution < -0.4 is 4.74 Å². The molecule has 2 aromatic rings. The Balaban J connectivity index is 1.61. The number of halogens is 3. The van der Waals surface area contributed by atoms with Crippen molar-refractivity contribution in [3.63, 3.8) is 0 Å². The van der Waals surface area contributed by atoms with Crippen molar-refractivity contribution in [2.24, 2.45) is 0 Å². The molecule has 0 radical (unpaired) electrons. The smallest absolute Gasteiger partial charge is 0.257 e. The molecule has 1 aliphatic rings. The summed E-state index contributed by atoms with van der Waals surface area (Å²) in [5.74, 6) is -4.14. The highest BCUT2D eigenvalue weighted by atomic mass is 19.2. The summed E-state index contributed by atoms with van der Waals surface area (Å²) >= 11 is 0. The summed E-state index contributed by atoms with van der Waals surface area (Å²) in [6, 6.07) is 7.75. The zero-order chi connectivity index (χ0) is 19.6. The van der Waals surface area contributed by atoms with Gasteiger partial charge in [-0.25, -0.2) is 13.2 Å². The number of carbonyl (C=O) groups is 1. The molecule has 0 aromatic heterocycles. The first-order chi connectivity index (χ1) is 12.9. The highest BCUT2D eigenvalue weighted by Gasteiger charge is 2.26. The van der Waals surface area contributed by atoms with Crippen molar-refractivity contribution in [1.29, 1.82) is 0 Å². The van der Waals surface area contributed by atoms with E-state index in [1.54, 1.807) is 7.11 Å². The molecule has 0 unspecified atom stereocenters. The fourth-order valence-electron chi connectivity index (χ4n) is 3.27. The van der Waals surface area contributed by atoms with E-state index in [0.29, 0.717) is 26.2 Å². The van der Waals surface area contributed by atoms with Crippen LogP contribution in [-0.4, -0.2) is 49.0 Å². The predicted molar refractivity (Wildman–Crippen MR) is 95.2 cm³/mol. The lowest BCUT2D eigenvalue weighted by Gasteiger charge is -2.35. The summed E-state index contributed by atoms with van der Waals surface area (Å²) in [5, 5.41) is 0. The Morgan fingerprint density at radius 2 is 1.74 bits per heavy atom. The van der Waals surface area contributed by atoms with Crippen LogP contribution in [0.25, 0.3) is 0 Å². The molecule has 0 spiro atoms. The van der Waals surface area contributed by atoms with E-state index < -0.39 is 28.9 Å². The van der Waals surface area contributed by atoms with E-state index in [4.69, 9.17) is 4.74 Å². The lowest BCUT2D eigenvalue weighted by molar-refractivity contribution is 0.0622. The van der Waals surface area contributed by atoms with Gasteiger partial charge in [0.2, 0.25) is 0 Å². The molecule has 3 rings (SSSR count). The second-order valence-corrected chi connectivity index (χ2v) is 6.60. The van der Waals surface area contributed by atoms with Crippen LogP contribution in [0.4, 0.5) is 13.2 Å². The average molecular weight is 378 g/mol. The number of rotatable bonds is 4. The average Bonchev–Trinajstić information content (AvgIpc) is 2.66. The third-order valence-corrected chi connectivity index (χ3v) is 4.79. The number of hydrogen-bond acceptors (Lipinski definition) is 3. The van der Waals surface area contributed by atoms with Crippen LogP contribution in [0.15, 0.2) is 30.3 Å². The molecule has 1 heterocycles. The van der Waals surface area contributed by atoms with Crippen LogP contribution in [0, 0.1) is 24.4 Å². The van der Waals surface area contributed by atoms with Crippen LogP contribution in [0.3, 0.4) is 0 Å². The van der Waals surface area contributed by atoms with Crippen LogP contribution >= 0.6 is 0 Å². The van der Waals surface area contributed by atoms with Crippen molar-refractivity contribution in [2.45, 2.75) is 13.5 Å². The van der Waals surface area contributed by atoms with E-state index in [2.05, 4.69) is 11.0 Å². The number of aryl methyl sites for hydroxylation is 1. The summed E-state index contributed by atoms with van der Waals surface area (Å²) in [6.07, 6.45) is 0. The normalized spacial score (nSPS) is 15.1. The minimum atomic E-state index is -1.62. The Kier molecular flexibility index (Phi) is 5.70. The Morgan fingerprint density at radius 3 is 2.37 bits per heavy atom. The molecule has 144 valence electrons. The fourth-order valence-corrected chi connectivity index (χ4v) is 3.27. The number of carbonyl (C=O) groups excluding carboxylic acids is 1. The lowest BCUT2D eigenvalue weighted by Crippen LogP contribution is -2.48. The zero-order valence-electron chi connectivity index (χ0n) is 15.3. The molecule has 7 heteroatoms. The maximum Gasteiger partial charge on any atom is 0.257 e. The van der Waals surface area contributed by atoms with E-state index >= 15 is 0 Å². The van der Waals surface area contributed by atoms with Crippen LogP contribution in [0.2, 0.25) is 0 Å². The number of benzene rings is 2. The van der Waals surface area contributed by atoms with Gasteiger partial charge in [-0.15, -0.1) is 0 Å². The molecular weight excluding hydrogens is 357 g/mol. The van der Waals surface area contributed by atoms with Gasteiger partial charge in [0, 0.05) is 32.7 Å². The monoisotopic (exact) mass is 378 g/mol. The van der Waals surface area contributed by atoms with Gasteiger partial charge in [-0.3, -0.25) is 9.69 Å². The Labute approximate surface area is 156 Å². The SMILES string of the molecule is COc1ccc(CN2CCN(C(=O)c3ccc(F)c(F)c3F)CC2)cc1C. The molecule has 0 saturated carbocycles. The lowest BCUT2D eigenvalue weighted by atomic mass is 10.1. The number of amides is 1. The third-order valence-electron chi connectivity index (χ3n) is 4.79. The van der Waals surface area contributed by atoms with Gasteiger partial charge in [-0.05, 0) is 36.2 Å². The van der Waals surface area contributed by atoms with Crippen molar-refractivity contribution >= 4 is 5.91 Å². The minimum absolute atomic E-state index is 0.395. The first-order valence-corrected chi connectivity index (χ1v) is 8.69. The molecule has 0 atom stereocenters. The fraction of sp³-hybridized carbons (Fsp3) is 0.350. The summed E-state index contributed by atoms with van der Waals surface area (Å²) in [6.45, 7) is 4.73. The van der Waals surface area contributed by atoms with Crippen molar-refractivity contribution < 1.29 is 22.7 Å². The van der Waals surface area contributed by atoms with Crippen LogP contribution in [-0.2, 0) is 6.54 Å². The molecule has 27 heavy (non-hydrogen) atoms. The Bertz CT molecular complexity index is 849. The zero-order valence-corrected chi connectivity index (χ0v) is 15.3.